The summed E-state index contributed by atoms with van der Waals surface area (Å²) in [7, 11) is 0. The van der Waals surface area contributed by atoms with Gasteiger partial charge in [0.25, 0.3) is 0 Å². The number of hydrogen-bond acceptors (Lipinski definition) is 5. The number of carbonyl (C=O) groups is 2. The summed E-state index contributed by atoms with van der Waals surface area (Å²) in [6, 6.07) is 22.2. The predicted octanol–water partition coefficient (Wildman–Crippen LogP) is 5.54. The molecule has 0 spiro atoms. The van der Waals surface area contributed by atoms with Crippen molar-refractivity contribution in [2.24, 2.45) is 5.92 Å². The molecule has 1 fully saturated rings. The van der Waals surface area contributed by atoms with E-state index >= 15 is 0 Å². The lowest BCUT2D eigenvalue weighted by atomic mass is 10.2. The molecule has 3 aromatic rings. The molecule has 0 saturated heterocycles. The average Bonchev–Trinajstić information content (AvgIpc) is 3.73. The van der Waals surface area contributed by atoms with Gasteiger partial charge in [-0.3, -0.25) is 9.59 Å². The van der Waals surface area contributed by atoms with Crippen LogP contribution in [-0.4, -0.2) is 31.6 Å². The summed E-state index contributed by atoms with van der Waals surface area (Å²) in [5.74, 6) is 1.86. The van der Waals surface area contributed by atoms with Gasteiger partial charge in [-0.05, 0) is 73.9 Å². The van der Waals surface area contributed by atoms with Gasteiger partial charge in [0, 0.05) is 23.4 Å². The molecule has 7 heteroatoms. The van der Waals surface area contributed by atoms with Gasteiger partial charge in [0.15, 0.2) is 11.5 Å². The molecule has 4 rings (SSSR count). The van der Waals surface area contributed by atoms with Crippen molar-refractivity contribution in [1.29, 1.82) is 0 Å². The van der Waals surface area contributed by atoms with Crippen molar-refractivity contribution < 1.29 is 23.8 Å². The Morgan fingerprint density at radius 1 is 0.833 bits per heavy atom. The summed E-state index contributed by atoms with van der Waals surface area (Å²) >= 11 is 0. The highest BCUT2D eigenvalue weighted by Crippen LogP contribution is 2.31. The summed E-state index contributed by atoms with van der Waals surface area (Å²) in [5.41, 5.74) is 2.07. The lowest BCUT2D eigenvalue weighted by molar-refractivity contribution is -0.117. The number of nitrogens with one attached hydrogen (secondary N) is 2. The number of anilines is 2. The predicted molar refractivity (Wildman–Crippen MR) is 141 cm³/mol. The zero-order valence-corrected chi connectivity index (χ0v) is 20.2. The highest BCUT2D eigenvalue weighted by molar-refractivity contribution is 6.02. The number of benzene rings is 3. The molecule has 7 nitrogen and oxygen atoms in total. The van der Waals surface area contributed by atoms with E-state index in [1.54, 1.807) is 30.3 Å². The maximum absolute atomic E-state index is 12.5. The van der Waals surface area contributed by atoms with E-state index in [0.717, 1.165) is 24.2 Å². The molecule has 1 aliphatic rings. The maximum Gasteiger partial charge on any atom is 0.248 e. The number of carbonyl (C=O) groups excluding carboxylic acids is 2. The first-order valence-corrected chi connectivity index (χ1v) is 12.1. The molecular weight excluding hydrogens is 456 g/mol. The molecule has 0 aromatic heterocycles. The van der Waals surface area contributed by atoms with Crippen LogP contribution in [0.4, 0.5) is 11.4 Å². The van der Waals surface area contributed by atoms with Crippen LogP contribution in [-0.2, 0) is 9.59 Å². The van der Waals surface area contributed by atoms with Gasteiger partial charge in [-0.15, -0.1) is 0 Å². The molecule has 186 valence electrons. The van der Waals surface area contributed by atoms with Crippen molar-refractivity contribution >= 4 is 29.3 Å². The Kier molecular flexibility index (Phi) is 8.59. The van der Waals surface area contributed by atoms with Gasteiger partial charge in [0.1, 0.15) is 19.0 Å². The van der Waals surface area contributed by atoms with E-state index in [0.29, 0.717) is 42.7 Å². The fourth-order valence-electron chi connectivity index (χ4n) is 3.46. The van der Waals surface area contributed by atoms with E-state index in [2.05, 4.69) is 10.6 Å². The smallest absolute Gasteiger partial charge is 0.248 e. The van der Waals surface area contributed by atoms with Crippen LogP contribution >= 0.6 is 0 Å². The third-order valence-electron chi connectivity index (χ3n) is 5.39. The standard InChI is InChI=1S/C29H30N2O5/c1-2-34-27-19-21(11-15-26(27)36-18-17-35-25-9-4-3-5-10-25)12-16-28(32)30-23-7-6-8-24(20-23)31-29(33)22-13-14-22/h3-12,15-16,19-20,22H,2,13-14,17-18H2,1H3,(H,30,32)(H,31,33)/b16-12+. The Balaban J connectivity index is 1.30. The molecule has 0 atom stereocenters. The Labute approximate surface area is 211 Å². The zero-order valence-electron chi connectivity index (χ0n) is 20.2. The molecule has 36 heavy (non-hydrogen) atoms. The second-order valence-electron chi connectivity index (χ2n) is 8.32. The van der Waals surface area contributed by atoms with Crippen LogP contribution in [0.15, 0.2) is 78.9 Å². The van der Waals surface area contributed by atoms with E-state index in [1.807, 2.05) is 55.5 Å². The minimum absolute atomic E-state index is 0.0274. The second-order valence-corrected chi connectivity index (χ2v) is 8.32. The highest BCUT2D eigenvalue weighted by atomic mass is 16.5. The monoisotopic (exact) mass is 486 g/mol. The van der Waals surface area contributed by atoms with Crippen LogP contribution in [0, 0.1) is 5.92 Å². The average molecular weight is 487 g/mol. The van der Waals surface area contributed by atoms with Crippen LogP contribution in [0.5, 0.6) is 17.2 Å². The Morgan fingerprint density at radius 3 is 2.33 bits per heavy atom. The van der Waals surface area contributed by atoms with E-state index in [4.69, 9.17) is 14.2 Å². The lowest BCUT2D eigenvalue weighted by Gasteiger charge is -2.13. The minimum Gasteiger partial charge on any atom is -0.490 e. The van der Waals surface area contributed by atoms with E-state index in [9.17, 15) is 9.59 Å². The summed E-state index contributed by atoms with van der Waals surface area (Å²) in [6.07, 6.45) is 5.04. The molecule has 1 aliphatic carbocycles. The van der Waals surface area contributed by atoms with Crippen molar-refractivity contribution in [3.8, 4) is 17.2 Å². The quantitative estimate of drug-likeness (QED) is 0.259. The van der Waals surface area contributed by atoms with Gasteiger partial charge in [0.2, 0.25) is 11.8 Å². The van der Waals surface area contributed by atoms with Gasteiger partial charge in [0.05, 0.1) is 6.61 Å². The van der Waals surface area contributed by atoms with Crippen LogP contribution in [0.1, 0.15) is 25.3 Å². The Morgan fingerprint density at radius 2 is 1.58 bits per heavy atom. The lowest BCUT2D eigenvalue weighted by Crippen LogP contribution is -2.14. The number of hydrogen-bond donors (Lipinski definition) is 2. The molecule has 3 aromatic carbocycles. The summed E-state index contributed by atoms with van der Waals surface area (Å²) in [6.45, 7) is 3.16. The Hall–Kier alpha value is -4.26. The van der Waals surface area contributed by atoms with Crippen molar-refractivity contribution in [2.45, 2.75) is 19.8 Å². The topological polar surface area (TPSA) is 85.9 Å². The van der Waals surface area contributed by atoms with E-state index < -0.39 is 0 Å². The Bertz CT molecular complexity index is 1210. The number of rotatable bonds is 12. The van der Waals surface area contributed by atoms with Crippen LogP contribution < -0.4 is 24.8 Å². The van der Waals surface area contributed by atoms with Crippen molar-refractivity contribution in [3.05, 3.63) is 84.4 Å². The van der Waals surface area contributed by atoms with Crippen molar-refractivity contribution in [2.75, 3.05) is 30.5 Å². The molecule has 0 aliphatic heterocycles. The van der Waals surface area contributed by atoms with Gasteiger partial charge in [-0.2, -0.15) is 0 Å². The number of ether oxygens (including phenoxy) is 3. The third kappa shape index (κ3) is 7.63. The first-order chi connectivity index (χ1) is 17.6. The highest BCUT2D eigenvalue weighted by Gasteiger charge is 2.29. The molecule has 0 bridgehead atoms. The molecule has 0 radical (unpaired) electrons. The molecule has 0 unspecified atom stereocenters. The van der Waals surface area contributed by atoms with Gasteiger partial charge in [-0.1, -0.05) is 30.3 Å². The van der Waals surface area contributed by atoms with E-state index in [1.165, 1.54) is 6.08 Å². The zero-order chi connectivity index (χ0) is 25.2. The van der Waals surface area contributed by atoms with Crippen molar-refractivity contribution in [1.82, 2.24) is 0 Å². The van der Waals surface area contributed by atoms with Crippen LogP contribution in [0.2, 0.25) is 0 Å². The van der Waals surface area contributed by atoms with Gasteiger partial charge < -0.3 is 24.8 Å². The summed E-state index contributed by atoms with van der Waals surface area (Å²) in [4.78, 5) is 24.4. The first-order valence-electron chi connectivity index (χ1n) is 12.1. The maximum atomic E-state index is 12.5. The number of para-hydroxylation sites is 1. The molecule has 2 amide bonds. The fourth-order valence-corrected chi connectivity index (χ4v) is 3.46. The molecule has 2 N–H and O–H groups in total. The molecule has 1 saturated carbocycles. The normalized spacial score (nSPS) is 12.7. The van der Waals surface area contributed by atoms with Crippen molar-refractivity contribution in [3.63, 3.8) is 0 Å². The largest absolute Gasteiger partial charge is 0.490 e. The second kappa shape index (κ2) is 12.4. The van der Waals surface area contributed by atoms with Crippen LogP contribution in [0.25, 0.3) is 6.08 Å². The third-order valence-corrected chi connectivity index (χ3v) is 5.39. The van der Waals surface area contributed by atoms with Gasteiger partial charge >= 0.3 is 0 Å². The van der Waals surface area contributed by atoms with E-state index in [-0.39, 0.29) is 17.7 Å². The molecule has 0 heterocycles. The minimum atomic E-state index is -0.281. The van der Waals surface area contributed by atoms with Crippen LogP contribution in [0.3, 0.4) is 0 Å². The molecular formula is C29H30N2O5. The summed E-state index contributed by atoms with van der Waals surface area (Å²) in [5, 5.41) is 5.71. The first kappa shape index (κ1) is 24.9. The summed E-state index contributed by atoms with van der Waals surface area (Å²) < 4.78 is 17.2. The number of amides is 2. The fraction of sp³-hybridized carbons (Fsp3) is 0.241. The van der Waals surface area contributed by atoms with Gasteiger partial charge in [-0.25, -0.2) is 0 Å². The SMILES string of the molecule is CCOc1cc(/C=C/C(=O)Nc2cccc(NC(=O)C3CC3)c2)ccc1OCCOc1ccccc1.